The van der Waals surface area contributed by atoms with Crippen LogP contribution in [0.5, 0.6) is 5.75 Å². The summed E-state index contributed by atoms with van der Waals surface area (Å²) in [7, 11) is 0. The van der Waals surface area contributed by atoms with Gasteiger partial charge in [-0.3, -0.25) is 24.0 Å². The van der Waals surface area contributed by atoms with Gasteiger partial charge < -0.3 is 28.4 Å². The van der Waals surface area contributed by atoms with Crippen LogP contribution in [0, 0.1) is 27.1 Å². The molecule has 0 saturated heterocycles. The Labute approximate surface area is 558 Å². The highest BCUT2D eigenvalue weighted by atomic mass is 16.6. The molecule has 0 aromatic heterocycles. The lowest BCUT2D eigenvalue weighted by atomic mass is 9.86. The van der Waals surface area contributed by atoms with Gasteiger partial charge in [0.1, 0.15) is 28.7 Å². The Bertz CT molecular complexity index is 3320. The molecule has 1 aliphatic heterocycles. The van der Waals surface area contributed by atoms with Crippen molar-refractivity contribution >= 4 is 29.8 Å². The first-order valence-corrected chi connectivity index (χ1v) is 34.7. The number of ether oxygens (including phenoxy) is 6. The minimum Gasteiger partial charge on any atom is -0.493 e. The molecule has 506 valence electrons. The topological polar surface area (TPSA) is 141 Å². The van der Waals surface area contributed by atoms with E-state index >= 15 is 0 Å². The number of carbonyl (C=O) groups excluding carboxylic acids is 5. The molecule has 5 aliphatic rings. The largest absolute Gasteiger partial charge is 0.493 e. The van der Waals surface area contributed by atoms with Crippen LogP contribution in [-0.2, 0) is 77.3 Å². The van der Waals surface area contributed by atoms with Gasteiger partial charge in [-0.15, -0.1) is 0 Å². The van der Waals surface area contributed by atoms with Gasteiger partial charge in [-0.1, -0.05) is 170 Å². The van der Waals surface area contributed by atoms with Gasteiger partial charge in [-0.25, -0.2) is 0 Å². The molecule has 3 unspecified atom stereocenters. The second kappa shape index (κ2) is 31.0. The van der Waals surface area contributed by atoms with E-state index < -0.39 is 38.5 Å². The fourth-order valence-corrected chi connectivity index (χ4v) is 12.0. The normalized spacial score (nSPS) is 19.4. The summed E-state index contributed by atoms with van der Waals surface area (Å²) in [4.78, 5) is 61.5. The first kappa shape index (κ1) is 75.0. The molecular formula is C82H112O11. The van der Waals surface area contributed by atoms with Crippen LogP contribution in [0.3, 0.4) is 0 Å². The number of aryl methyl sites for hydroxylation is 2. The molecule has 93 heavy (non-hydrogen) atoms. The summed E-state index contributed by atoms with van der Waals surface area (Å²) in [6, 6.07) is 40.9. The molecule has 1 fully saturated rings. The van der Waals surface area contributed by atoms with Crippen molar-refractivity contribution in [2.45, 2.75) is 256 Å². The van der Waals surface area contributed by atoms with E-state index in [9.17, 15) is 24.0 Å². The quantitative estimate of drug-likeness (QED) is 0.0470. The molecule has 4 aliphatic carbocycles. The maximum Gasteiger partial charge on any atom is 0.312 e. The average molecular weight is 1270 g/mol. The first-order chi connectivity index (χ1) is 43.8. The van der Waals surface area contributed by atoms with Crippen LogP contribution >= 0.6 is 0 Å². The van der Waals surface area contributed by atoms with Crippen molar-refractivity contribution in [1.82, 2.24) is 0 Å². The van der Waals surface area contributed by atoms with E-state index in [4.69, 9.17) is 28.4 Å². The zero-order valence-electron chi connectivity index (χ0n) is 59.9. The number of hydrogen-bond donors (Lipinski definition) is 0. The smallest absolute Gasteiger partial charge is 0.312 e. The van der Waals surface area contributed by atoms with E-state index in [1.54, 1.807) is 0 Å². The van der Waals surface area contributed by atoms with Crippen molar-refractivity contribution in [3.05, 3.63) is 173 Å². The van der Waals surface area contributed by atoms with Gasteiger partial charge in [0.15, 0.2) is 5.60 Å². The number of para-hydroxylation sites is 1. The molecule has 11 nitrogen and oxygen atoms in total. The average Bonchev–Trinajstić information content (AvgIpc) is 1.58. The number of fused-ring (bicyclic) bond motifs is 6. The Hall–Kier alpha value is -7.01. The minimum absolute atomic E-state index is 0.0754. The Balaban J connectivity index is 0.000000186. The van der Waals surface area contributed by atoms with Crippen LogP contribution in [0.4, 0.5) is 0 Å². The predicted molar refractivity (Wildman–Crippen MR) is 373 cm³/mol. The van der Waals surface area contributed by atoms with Crippen LogP contribution in [0.2, 0.25) is 0 Å². The summed E-state index contributed by atoms with van der Waals surface area (Å²) in [6.45, 7) is 40.1. The van der Waals surface area contributed by atoms with Crippen LogP contribution in [0.25, 0.3) is 11.1 Å². The second-order valence-electron chi connectivity index (χ2n) is 29.5. The summed E-state index contributed by atoms with van der Waals surface area (Å²) in [5, 5.41) is 0. The van der Waals surface area contributed by atoms with Gasteiger partial charge in [-0.2, -0.15) is 0 Å². The van der Waals surface area contributed by atoms with Gasteiger partial charge in [0, 0.05) is 23.1 Å². The van der Waals surface area contributed by atoms with E-state index in [1.165, 1.54) is 33.4 Å². The third kappa shape index (κ3) is 17.1. The minimum atomic E-state index is -0.670. The lowest BCUT2D eigenvalue weighted by Crippen LogP contribution is -2.37. The maximum atomic E-state index is 12.8. The van der Waals surface area contributed by atoms with E-state index in [2.05, 4.69) is 75.0 Å². The van der Waals surface area contributed by atoms with E-state index in [0.29, 0.717) is 6.61 Å². The fraction of sp³-hybridized carbons (Fsp3) is 0.549. The molecular weight excluding hydrogens is 1160 g/mol. The Morgan fingerprint density at radius 3 is 1.38 bits per heavy atom. The van der Waals surface area contributed by atoms with Gasteiger partial charge >= 0.3 is 29.8 Å². The third-order valence-corrected chi connectivity index (χ3v) is 21.2. The summed E-state index contributed by atoms with van der Waals surface area (Å²) >= 11 is 0. The zero-order valence-corrected chi connectivity index (χ0v) is 59.9. The number of hydrogen-bond acceptors (Lipinski definition) is 11. The molecule has 10 rings (SSSR count). The molecule has 1 saturated carbocycles. The van der Waals surface area contributed by atoms with Crippen LogP contribution in [-0.4, -0.2) is 42.1 Å². The van der Waals surface area contributed by atoms with Gasteiger partial charge in [-0.05, 0) is 218 Å². The Morgan fingerprint density at radius 1 is 0.473 bits per heavy atom. The van der Waals surface area contributed by atoms with Gasteiger partial charge in [0.2, 0.25) is 0 Å². The highest BCUT2D eigenvalue weighted by Crippen LogP contribution is 2.53. The molecule has 0 radical (unpaired) electrons. The number of esters is 5. The summed E-state index contributed by atoms with van der Waals surface area (Å²) in [5.74, 6) is 0.306. The maximum absolute atomic E-state index is 12.8. The first-order valence-electron chi connectivity index (χ1n) is 34.7. The SMILES string of the molecule is C=CC1(OC(=O)C(C)(C)CC)CCCC1.CCC(C)(C)C(=O)OC1(C)CCc2ccccc21.CCC(C)(C)C(=O)OC1(CC)CCc2ccccc21.CCC(C)(C)C(=O)OC1(CC)c2ccccc2-c2ccccc21.CCC(C)(C)C(=O)OC1CCOc2ccccc21. The van der Waals surface area contributed by atoms with E-state index in [-0.39, 0.29) is 47.0 Å². The predicted octanol–water partition coefficient (Wildman–Crippen LogP) is 20.3. The lowest BCUT2D eigenvalue weighted by molar-refractivity contribution is -0.173. The molecule has 0 amide bonds. The molecule has 0 spiro atoms. The number of rotatable bonds is 18. The van der Waals surface area contributed by atoms with E-state index in [1.807, 2.05) is 184 Å². The lowest BCUT2D eigenvalue weighted by Gasteiger charge is -2.34. The summed E-state index contributed by atoms with van der Waals surface area (Å²) in [6.07, 6.45) is 15.8. The van der Waals surface area contributed by atoms with E-state index in [0.717, 1.165) is 125 Å². The second-order valence-corrected chi connectivity index (χ2v) is 29.5. The highest BCUT2D eigenvalue weighted by molar-refractivity contribution is 5.84. The summed E-state index contributed by atoms with van der Waals surface area (Å²) < 4.78 is 34.9. The van der Waals surface area contributed by atoms with Crippen LogP contribution in [0.15, 0.2) is 134 Å². The standard InChI is InChI=1S/C21H24O2.C17H24O2.C16H22O2.C15H20O3.C13H22O2/c1-5-20(3,4)19(22)23-21(6-2)17-13-9-7-11-15(17)16-12-8-10-14-18(16)21;1-5-16(3,4)15(18)19-17(6-2)12-11-13-9-7-8-10-14(13)17;1-5-15(2,3)14(17)18-16(4)11-10-12-8-6-7-9-13(12)16;1-4-15(2,3)14(16)18-13-9-10-17-12-8-6-5-7-11(12)13;1-5-12(3,4)11(14)15-13(6-2)9-7-8-10-13/h7-14H,5-6H2,1-4H3;7-10H,5-6,11-12H2,1-4H3;6-9H,5,10-11H2,1-4H3;5-8,13H,4,9-10H2,1-3H3;6H,2,5,7-10H2,1,3-4H3. The molecule has 5 aromatic carbocycles. The zero-order chi connectivity index (χ0) is 68.9. The van der Waals surface area contributed by atoms with Crippen molar-refractivity contribution < 1.29 is 52.4 Å². The fourth-order valence-electron chi connectivity index (χ4n) is 12.0. The molecule has 3 atom stereocenters. The van der Waals surface area contributed by atoms with Crippen molar-refractivity contribution in [2.24, 2.45) is 27.1 Å². The van der Waals surface area contributed by atoms with Crippen molar-refractivity contribution in [1.29, 1.82) is 0 Å². The van der Waals surface area contributed by atoms with Gasteiger partial charge in [0.05, 0.1) is 33.7 Å². The Kier molecular flexibility index (Phi) is 25.0. The molecule has 1 heterocycles. The van der Waals surface area contributed by atoms with Crippen molar-refractivity contribution in [3.63, 3.8) is 0 Å². The third-order valence-electron chi connectivity index (χ3n) is 21.2. The van der Waals surface area contributed by atoms with Crippen molar-refractivity contribution in [2.75, 3.05) is 6.61 Å². The molecule has 0 bridgehead atoms. The highest BCUT2D eigenvalue weighted by Gasteiger charge is 2.48. The molecule has 0 N–H and O–H groups in total. The molecule has 11 heteroatoms. The monoisotopic (exact) mass is 1270 g/mol. The van der Waals surface area contributed by atoms with Gasteiger partial charge in [0.25, 0.3) is 0 Å². The number of benzene rings is 5. The number of carbonyl (C=O) groups is 5. The summed E-state index contributed by atoms with van der Waals surface area (Å²) in [5.41, 5.74) is 6.56. The molecule has 5 aromatic rings. The Morgan fingerprint density at radius 2 is 0.882 bits per heavy atom. The van der Waals surface area contributed by atoms with Crippen LogP contribution in [0.1, 0.15) is 260 Å². The van der Waals surface area contributed by atoms with Crippen molar-refractivity contribution in [3.8, 4) is 16.9 Å². The van der Waals surface area contributed by atoms with Crippen LogP contribution < -0.4 is 4.74 Å².